The Kier molecular flexibility index (Phi) is 4.63. The van der Waals surface area contributed by atoms with E-state index in [1.807, 2.05) is 31.3 Å². The number of anilines is 1. The third-order valence-corrected chi connectivity index (χ3v) is 3.72. The van der Waals surface area contributed by atoms with Crippen molar-refractivity contribution < 1.29 is 4.39 Å². The third kappa shape index (κ3) is 3.50. The molecule has 0 saturated heterocycles. The molecule has 0 radical (unpaired) electrons. The first-order valence-electron chi connectivity index (χ1n) is 6.47. The molecule has 2 N–H and O–H groups in total. The quantitative estimate of drug-likeness (QED) is 0.854. The van der Waals surface area contributed by atoms with Crippen molar-refractivity contribution in [3.63, 3.8) is 0 Å². The maximum absolute atomic E-state index is 13.8. The first kappa shape index (κ1) is 14.8. The highest BCUT2D eigenvalue weighted by Crippen LogP contribution is 2.24. The zero-order valence-corrected chi connectivity index (χ0v) is 12.4. The topological polar surface area (TPSA) is 29.3 Å². The second-order valence-electron chi connectivity index (χ2n) is 5.00. The number of rotatable bonds is 4. The lowest BCUT2D eigenvalue weighted by Gasteiger charge is -2.25. The molecule has 1 unspecified atom stereocenters. The summed E-state index contributed by atoms with van der Waals surface area (Å²) in [5, 5.41) is 0.548. The van der Waals surface area contributed by atoms with E-state index >= 15 is 0 Å². The van der Waals surface area contributed by atoms with E-state index in [2.05, 4.69) is 11.8 Å². The molecule has 4 heteroatoms. The molecule has 2 rings (SSSR count). The van der Waals surface area contributed by atoms with E-state index in [9.17, 15) is 4.39 Å². The zero-order valence-electron chi connectivity index (χ0n) is 11.6. The fourth-order valence-corrected chi connectivity index (χ4v) is 2.34. The van der Waals surface area contributed by atoms with Crippen molar-refractivity contribution >= 4 is 17.3 Å². The zero-order chi connectivity index (χ0) is 14.7. The molecule has 0 aliphatic rings. The average Bonchev–Trinajstić information content (AvgIpc) is 2.42. The molecule has 1 atom stereocenters. The van der Waals surface area contributed by atoms with Gasteiger partial charge in [-0.25, -0.2) is 4.39 Å². The Hall–Kier alpha value is -1.58. The summed E-state index contributed by atoms with van der Waals surface area (Å²) >= 11 is 5.92. The Morgan fingerprint density at radius 1 is 1.25 bits per heavy atom. The third-order valence-electron chi connectivity index (χ3n) is 3.48. The first-order valence-corrected chi connectivity index (χ1v) is 6.85. The number of halogens is 2. The van der Waals surface area contributed by atoms with E-state index in [4.69, 9.17) is 17.3 Å². The molecular weight excluding hydrogens is 275 g/mol. The Morgan fingerprint density at radius 3 is 2.70 bits per heavy atom. The van der Waals surface area contributed by atoms with Gasteiger partial charge in [-0.3, -0.25) is 4.90 Å². The van der Waals surface area contributed by atoms with Gasteiger partial charge in [0.1, 0.15) is 5.82 Å². The molecule has 106 valence electrons. The maximum atomic E-state index is 13.8. The standard InChI is InChI=1S/C16H18ClFN2/c1-11(12-4-3-5-15(19)9-12)20(2)10-13-8-14(17)6-7-16(13)18/h3-9,11H,10,19H2,1-2H3. The Bertz CT molecular complexity index is 601. The van der Waals surface area contributed by atoms with Crippen LogP contribution in [0.15, 0.2) is 42.5 Å². The molecule has 20 heavy (non-hydrogen) atoms. The van der Waals surface area contributed by atoms with Gasteiger partial charge in [-0.15, -0.1) is 0 Å². The molecule has 0 aliphatic heterocycles. The molecule has 2 aromatic carbocycles. The van der Waals surface area contributed by atoms with E-state index in [0.29, 0.717) is 17.1 Å². The number of hydrogen-bond acceptors (Lipinski definition) is 2. The lowest BCUT2D eigenvalue weighted by Crippen LogP contribution is -2.22. The Labute approximate surface area is 124 Å². The summed E-state index contributed by atoms with van der Waals surface area (Å²) in [5.74, 6) is -0.235. The normalized spacial score (nSPS) is 12.7. The summed E-state index contributed by atoms with van der Waals surface area (Å²) in [7, 11) is 1.95. The number of hydrogen-bond donors (Lipinski definition) is 1. The summed E-state index contributed by atoms with van der Waals surface area (Å²) in [4.78, 5) is 2.06. The van der Waals surface area contributed by atoms with Gasteiger partial charge >= 0.3 is 0 Å². The van der Waals surface area contributed by atoms with Crippen molar-refractivity contribution in [3.8, 4) is 0 Å². The van der Waals surface area contributed by atoms with Gasteiger partial charge in [0.2, 0.25) is 0 Å². The van der Waals surface area contributed by atoms with Crippen LogP contribution < -0.4 is 5.73 Å². The maximum Gasteiger partial charge on any atom is 0.127 e. The van der Waals surface area contributed by atoms with Gasteiger partial charge in [0.25, 0.3) is 0 Å². The summed E-state index contributed by atoms with van der Waals surface area (Å²) in [6.45, 7) is 2.56. The van der Waals surface area contributed by atoms with Gasteiger partial charge in [0, 0.05) is 28.9 Å². The molecule has 0 saturated carbocycles. The molecule has 0 bridgehead atoms. The molecule has 0 aliphatic carbocycles. The SMILES string of the molecule is CC(c1cccc(N)c1)N(C)Cc1cc(Cl)ccc1F. The lowest BCUT2D eigenvalue weighted by molar-refractivity contribution is 0.249. The van der Waals surface area contributed by atoms with E-state index in [1.165, 1.54) is 6.07 Å². The van der Waals surface area contributed by atoms with Crippen LogP contribution in [0.25, 0.3) is 0 Å². The molecule has 0 amide bonds. The highest BCUT2D eigenvalue weighted by atomic mass is 35.5. The predicted molar refractivity (Wildman–Crippen MR) is 82.1 cm³/mol. The van der Waals surface area contributed by atoms with Crippen LogP contribution in [0.2, 0.25) is 5.02 Å². The number of nitrogens with zero attached hydrogens (tertiary/aromatic N) is 1. The first-order chi connectivity index (χ1) is 9.47. The fourth-order valence-electron chi connectivity index (χ4n) is 2.14. The molecule has 2 nitrogen and oxygen atoms in total. The largest absolute Gasteiger partial charge is 0.399 e. The smallest absolute Gasteiger partial charge is 0.127 e. The summed E-state index contributed by atoms with van der Waals surface area (Å²) in [6, 6.07) is 12.5. The molecule has 2 aromatic rings. The second-order valence-corrected chi connectivity index (χ2v) is 5.43. The predicted octanol–water partition coefficient (Wildman–Crippen LogP) is 4.25. The van der Waals surface area contributed by atoms with Crippen molar-refractivity contribution in [3.05, 3.63) is 64.4 Å². The van der Waals surface area contributed by atoms with Crippen LogP contribution in [0.4, 0.5) is 10.1 Å². The van der Waals surface area contributed by atoms with Gasteiger partial charge in [0.05, 0.1) is 0 Å². The van der Waals surface area contributed by atoms with E-state index in [-0.39, 0.29) is 11.9 Å². The summed E-state index contributed by atoms with van der Waals surface area (Å²) in [5.41, 5.74) is 8.23. The average molecular weight is 293 g/mol. The van der Waals surface area contributed by atoms with Gasteiger partial charge in [-0.2, -0.15) is 0 Å². The second kappa shape index (κ2) is 6.25. The summed E-state index contributed by atoms with van der Waals surface area (Å²) < 4.78 is 13.8. The summed E-state index contributed by atoms with van der Waals surface area (Å²) in [6.07, 6.45) is 0. The van der Waals surface area contributed by atoms with Crippen LogP contribution in [0.1, 0.15) is 24.1 Å². The minimum Gasteiger partial charge on any atom is -0.399 e. The van der Waals surface area contributed by atoms with Crippen LogP contribution in [0, 0.1) is 5.82 Å². The van der Waals surface area contributed by atoms with Crippen LogP contribution >= 0.6 is 11.6 Å². The Morgan fingerprint density at radius 2 is 2.00 bits per heavy atom. The van der Waals surface area contributed by atoms with Crippen LogP contribution in [-0.2, 0) is 6.54 Å². The van der Waals surface area contributed by atoms with Crippen LogP contribution in [0.5, 0.6) is 0 Å². The van der Waals surface area contributed by atoms with Crippen molar-refractivity contribution in [1.82, 2.24) is 4.90 Å². The monoisotopic (exact) mass is 292 g/mol. The van der Waals surface area contributed by atoms with Gasteiger partial charge < -0.3 is 5.73 Å². The number of benzene rings is 2. The van der Waals surface area contributed by atoms with Crippen LogP contribution in [-0.4, -0.2) is 11.9 Å². The van der Waals surface area contributed by atoms with Gasteiger partial charge in [-0.1, -0.05) is 23.7 Å². The Balaban J connectivity index is 2.15. The van der Waals surface area contributed by atoms with Crippen molar-refractivity contribution in [1.29, 1.82) is 0 Å². The highest BCUT2D eigenvalue weighted by molar-refractivity contribution is 6.30. The van der Waals surface area contributed by atoms with E-state index < -0.39 is 0 Å². The molecular formula is C16H18ClFN2. The molecule has 0 fully saturated rings. The number of nitrogens with two attached hydrogens (primary N) is 1. The van der Waals surface area contributed by atoms with E-state index in [1.54, 1.807) is 12.1 Å². The molecule has 0 spiro atoms. The van der Waals surface area contributed by atoms with Gasteiger partial charge in [0.15, 0.2) is 0 Å². The van der Waals surface area contributed by atoms with E-state index in [0.717, 1.165) is 11.3 Å². The molecule has 0 aromatic heterocycles. The fraction of sp³-hybridized carbons (Fsp3) is 0.250. The number of nitrogen functional groups attached to an aromatic ring is 1. The minimum absolute atomic E-state index is 0.136. The van der Waals surface area contributed by atoms with Crippen molar-refractivity contribution in [2.75, 3.05) is 12.8 Å². The lowest BCUT2D eigenvalue weighted by atomic mass is 10.1. The minimum atomic E-state index is -0.235. The van der Waals surface area contributed by atoms with Gasteiger partial charge in [-0.05, 0) is 49.9 Å². The van der Waals surface area contributed by atoms with Crippen molar-refractivity contribution in [2.45, 2.75) is 19.5 Å². The van der Waals surface area contributed by atoms with Crippen LogP contribution in [0.3, 0.4) is 0 Å². The molecule has 0 heterocycles. The highest BCUT2D eigenvalue weighted by Gasteiger charge is 2.14. The van der Waals surface area contributed by atoms with Crippen molar-refractivity contribution in [2.24, 2.45) is 0 Å².